The number of hydrogen-bond donors (Lipinski definition) is 1. The fourth-order valence-corrected chi connectivity index (χ4v) is 3.14. The lowest BCUT2D eigenvalue weighted by molar-refractivity contribution is 0.0840. The zero-order valence-corrected chi connectivity index (χ0v) is 13.5. The molecule has 2 unspecified atom stereocenters. The van der Waals surface area contributed by atoms with Crippen LogP contribution in [0.3, 0.4) is 0 Å². The van der Waals surface area contributed by atoms with Gasteiger partial charge in [-0.05, 0) is 18.3 Å². The Hall–Kier alpha value is -0.940. The first-order valence-corrected chi connectivity index (χ1v) is 7.78. The van der Waals surface area contributed by atoms with Gasteiger partial charge in [0.15, 0.2) is 0 Å². The van der Waals surface area contributed by atoms with Gasteiger partial charge >= 0.3 is 0 Å². The van der Waals surface area contributed by atoms with Crippen molar-refractivity contribution in [3.8, 4) is 0 Å². The highest BCUT2D eigenvalue weighted by Crippen LogP contribution is 2.20. The van der Waals surface area contributed by atoms with Crippen molar-refractivity contribution in [1.82, 2.24) is 25.2 Å². The fourth-order valence-electron chi connectivity index (χ4n) is 3.14. The highest BCUT2D eigenvalue weighted by molar-refractivity contribution is 4.96. The molecule has 5 heteroatoms. The van der Waals surface area contributed by atoms with Gasteiger partial charge in [0.2, 0.25) is 0 Å². The van der Waals surface area contributed by atoms with Crippen molar-refractivity contribution in [2.45, 2.75) is 52.7 Å². The van der Waals surface area contributed by atoms with Gasteiger partial charge in [0.05, 0.1) is 5.69 Å². The van der Waals surface area contributed by atoms with Gasteiger partial charge in [0.1, 0.15) is 0 Å². The normalized spacial score (nSPS) is 24.8. The quantitative estimate of drug-likeness (QED) is 0.890. The van der Waals surface area contributed by atoms with E-state index in [-0.39, 0.29) is 0 Å². The molecule has 5 nitrogen and oxygen atoms in total. The van der Waals surface area contributed by atoms with Crippen molar-refractivity contribution in [2.24, 2.45) is 18.9 Å². The summed E-state index contributed by atoms with van der Waals surface area (Å²) in [6, 6.07) is 1.18. The summed E-state index contributed by atoms with van der Waals surface area (Å²) in [4.78, 5) is 2.58. The maximum atomic E-state index is 4.24. The van der Waals surface area contributed by atoms with E-state index < -0.39 is 0 Å². The van der Waals surface area contributed by atoms with Crippen molar-refractivity contribution >= 4 is 0 Å². The van der Waals surface area contributed by atoms with Gasteiger partial charge in [-0.15, -0.1) is 5.10 Å². The van der Waals surface area contributed by atoms with Gasteiger partial charge in [-0.3, -0.25) is 9.58 Å². The van der Waals surface area contributed by atoms with Gasteiger partial charge < -0.3 is 5.32 Å². The second-order valence-electron chi connectivity index (χ2n) is 6.86. The van der Waals surface area contributed by atoms with Gasteiger partial charge in [0.25, 0.3) is 0 Å². The van der Waals surface area contributed by atoms with Crippen LogP contribution in [0.2, 0.25) is 0 Å². The lowest BCUT2D eigenvalue weighted by Gasteiger charge is -2.42. The van der Waals surface area contributed by atoms with Crippen LogP contribution in [-0.4, -0.2) is 45.1 Å². The van der Waals surface area contributed by atoms with Crippen molar-refractivity contribution in [1.29, 1.82) is 0 Å². The SMILES string of the molecule is CC(C)CC1CN(Cc2cn(C)nn2)C(C(C)C)CN1. The Morgan fingerprint density at radius 1 is 1.35 bits per heavy atom. The largest absolute Gasteiger partial charge is 0.311 e. The first-order chi connectivity index (χ1) is 9.45. The molecule has 1 aromatic rings. The van der Waals surface area contributed by atoms with Gasteiger partial charge in [-0.1, -0.05) is 32.9 Å². The van der Waals surface area contributed by atoms with E-state index in [1.165, 1.54) is 6.42 Å². The van der Waals surface area contributed by atoms with Crippen LogP contribution in [0.25, 0.3) is 0 Å². The zero-order chi connectivity index (χ0) is 14.7. The van der Waals surface area contributed by atoms with Gasteiger partial charge in [0, 0.05) is 45.0 Å². The Balaban J connectivity index is 2.02. The third-order valence-electron chi connectivity index (χ3n) is 4.08. The summed E-state index contributed by atoms with van der Waals surface area (Å²) in [5, 5.41) is 12.0. The smallest absolute Gasteiger partial charge is 0.0967 e. The number of nitrogens with one attached hydrogen (secondary N) is 1. The monoisotopic (exact) mass is 279 g/mol. The van der Waals surface area contributed by atoms with Crippen LogP contribution in [0.4, 0.5) is 0 Å². The molecule has 1 N–H and O–H groups in total. The van der Waals surface area contributed by atoms with Crippen molar-refractivity contribution < 1.29 is 0 Å². The van der Waals surface area contributed by atoms with Crippen LogP contribution in [0.1, 0.15) is 39.8 Å². The second-order valence-corrected chi connectivity index (χ2v) is 6.86. The van der Waals surface area contributed by atoms with Crippen molar-refractivity contribution in [3.63, 3.8) is 0 Å². The fraction of sp³-hybridized carbons (Fsp3) is 0.867. The summed E-state index contributed by atoms with van der Waals surface area (Å²) in [6.45, 7) is 12.3. The molecule has 0 aliphatic carbocycles. The molecule has 0 amide bonds. The molecule has 2 rings (SSSR count). The van der Waals surface area contributed by atoms with E-state index in [2.05, 4.69) is 48.2 Å². The predicted molar refractivity (Wildman–Crippen MR) is 81.3 cm³/mol. The Labute approximate surface area is 122 Å². The van der Waals surface area contributed by atoms with Crippen molar-refractivity contribution in [3.05, 3.63) is 11.9 Å². The molecule has 0 aromatic carbocycles. The summed E-state index contributed by atoms with van der Waals surface area (Å²) >= 11 is 0. The van der Waals surface area contributed by atoms with Crippen molar-refractivity contribution in [2.75, 3.05) is 13.1 Å². The van der Waals surface area contributed by atoms with Gasteiger partial charge in [-0.2, -0.15) is 0 Å². The average Bonchev–Trinajstić information content (AvgIpc) is 2.73. The molecule has 1 saturated heterocycles. The van der Waals surface area contributed by atoms with Crippen LogP contribution in [0.5, 0.6) is 0 Å². The molecular formula is C15H29N5. The summed E-state index contributed by atoms with van der Waals surface area (Å²) in [5.74, 6) is 1.39. The third-order valence-corrected chi connectivity index (χ3v) is 4.08. The minimum atomic E-state index is 0.584. The highest BCUT2D eigenvalue weighted by Gasteiger charge is 2.30. The highest BCUT2D eigenvalue weighted by atomic mass is 15.4. The minimum absolute atomic E-state index is 0.584. The topological polar surface area (TPSA) is 46.0 Å². The molecule has 114 valence electrons. The molecule has 1 aliphatic rings. The predicted octanol–water partition coefficient (Wildman–Crippen LogP) is 1.66. The summed E-state index contributed by atoms with van der Waals surface area (Å²) in [5.41, 5.74) is 1.07. The first kappa shape index (κ1) is 15.4. The lowest BCUT2D eigenvalue weighted by Crippen LogP contribution is -2.58. The maximum Gasteiger partial charge on any atom is 0.0967 e. The number of aromatic nitrogens is 3. The van der Waals surface area contributed by atoms with Crippen LogP contribution in [0.15, 0.2) is 6.20 Å². The Kier molecular flexibility index (Phi) is 5.16. The third kappa shape index (κ3) is 4.03. The lowest BCUT2D eigenvalue weighted by atomic mass is 9.95. The van der Waals surface area contributed by atoms with E-state index in [4.69, 9.17) is 0 Å². The number of nitrogens with zero attached hydrogens (tertiary/aromatic N) is 4. The van der Waals surface area contributed by atoms with E-state index >= 15 is 0 Å². The number of hydrogen-bond acceptors (Lipinski definition) is 4. The molecule has 2 heterocycles. The molecule has 20 heavy (non-hydrogen) atoms. The maximum absolute atomic E-state index is 4.24. The summed E-state index contributed by atoms with van der Waals surface area (Å²) < 4.78 is 1.79. The molecule has 0 spiro atoms. The van der Waals surface area contributed by atoms with E-state index in [9.17, 15) is 0 Å². The number of piperazine rings is 1. The van der Waals surface area contributed by atoms with Crippen LogP contribution < -0.4 is 5.32 Å². The van der Waals surface area contributed by atoms with Gasteiger partial charge in [-0.25, -0.2) is 0 Å². The molecular weight excluding hydrogens is 250 g/mol. The molecule has 1 fully saturated rings. The minimum Gasteiger partial charge on any atom is -0.311 e. The zero-order valence-electron chi connectivity index (χ0n) is 13.5. The Bertz CT molecular complexity index is 412. The molecule has 0 bridgehead atoms. The van der Waals surface area contributed by atoms with Crippen LogP contribution in [0, 0.1) is 11.8 Å². The Morgan fingerprint density at radius 2 is 2.10 bits per heavy atom. The molecule has 1 aliphatic heterocycles. The van der Waals surface area contributed by atoms with Crippen LogP contribution >= 0.6 is 0 Å². The van der Waals surface area contributed by atoms with E-state index in [0.29, 0.717) is 18.0 Å². The molecule has 0 saturated carbocycles. The molecule has 2 atom stereocenters. The van der Waals surface area contributed by atoms with Crippen LogP contribution in [-0.2, 0) is 13.6 Å². The molecule has 0 radical (unpaired) electrons. The summed E-state index contributed by atoms with van der Waals surface area (Å²) in [6.07, 6.45) is 3.26. The number of rotatable bonds is 5. The first-order valence-electron chi connectivity index (χ1n) is 7.78. The van der Waals surface area contributed by atoms with E-state index in [1.807, 2.05) is 13.2 Å². The molecule has 1 aromatic heterocycles. The Morgan fingerprint density at radius 3 is 2.65 bits per heavy atom. The summed E-state index contributed by atoms with van der Waals surface area (Å²) in [7, 11) is 1.93. The second kappa shape index (κ2) is 6.68. The number of aryl methyl sites for hydroxylation is 1. The average molecular weight is 279 g/mol. The van der Waals surface area contributed by atoms with E-state index in [0.717, 1.165) is 31.2 Å². The van der Waals surface area contributed by atoms with E-state index in [1.54, 1.807) is 4.68 Å². The standard InChI is InChI=1S/C15H29N5/c1-11(2)6-13-9-20(15(7-16-13)12(3)4)10-14-8-19(5)18-17-14/h8,11-13,15-16H,6-7,9-10H2,1-5H3.